The zero-order valence-electron chi connectivity index (χ0n) is 14.1. The Kier molecular flexibility index (Phi) is 4.50. The maximum absolute atomic E-state index is 12.5. The molecule has 7 heteroatoms. The molecule has 3 rings (SSSR count). The number of anilines is 1. The van der Waals surface area contributed by atoms with Gasteiger partial charge in [-0.05, 0) is 30.5 Å². The van der Waals surface area contributed by atoms with Gasteiger partial charge in [-0.3, -0.25) is 20.2 Å². The Hall–Kier alpha value is -2.80. The lowest BCUT2D eigenvalue weighted by Crippen LogP contribution is -2.13. The number of amides is 1. The highest BCUT2D eigenvalue weighted by atomic mass is 32.1. The zero-order valence-corrected chi connectivity index (χ0v) is 14.9. The summed E-state index contributed by atoms with van der Waals surface area (Å²) in [7, 11) is 0. The van der Waals surface area contributed by atoms with Crippen molar-refractivity contribution in [2.24, 2.45) is 0 Å². The van der Waals surface area contributed by atoms with E-state index in [0.717, 1.165) is 15.8 Å². The number of nitro groups is 1. The molecule has 0 saturated heterocycles. The molecule has 1 N–H and O–H groups in total. The molecule has 0 radical (unpaired) electrons. The molecule has 0 aliphatic rings. The van der Waals surface area contributed by atoms with E-state index in [1.165, 1.54) is 23.5 Å². The van der Waals surface area contributed by atoms with Crippen LogP contribution in [0.15, 0.2) is 36.4 Å². The monoisotopic (exact) mass is 355 g/mol. The highest BCUT2D eigenvalue weighted by molar-refractivity contribution is 7.22. The highest BCUT2D eigenvalue weighted by Crippen LogP contribution is 2.32. The number of hydrogen-bond donors (Lipinski definition) is 1. The Bertz CT molecular complexity index is 979. The van der Waals surface area contributed by atoms with Crippen LogP contribution in [0.25, 0.3) is 10.2 Å². The summed E-state index contributed by atoms with van der Waals surface area (Å²) in [5, 5.41) is 14.3. The summed E-state index contributed by atoms with van der Waals surface area (Å²) in [6.45, 7) is 5.76. The maximum atomic E-state index is 12.5. The number of thiazole rings is 1. The predicted octanol–water partition coefficient (Wildman–Crippen LogP) is 4.89. The lowest BCUT2D eigenvalue weighted by atomic mass is 10.0. The van der Waals surface area contributed by atoms with Gasteiger partial charge >= 0.3 is 0 Å². The Morgan fingerprint density at radius 3 is 2.64 bits per heavy atom. The molecule has 0 bridgehead atoms. The SMILES string of the molecule is Cc1c(C(=O)Nc2nc3c(C(C)C)cccc3s2)cccc1[N+](=O)[O-]. The Morgan fingerprint density at radius 1 is 1.24 bits per heavy atom. The fourth-order valence-electron chi connectivity index (χ4n) is 2.72. The smallest absolute Gasteiger partial charge is 0.273 e. The van der Waals surface area contributed by atoms with E-state index in [-0.39, 0.29) is 11.3 Å². The van der Waals surface area contributed by atoms with Crippen LogP contribution in [0.2, 0.25) is 0 Å². The molecule has 0 saturated carbocycles. The van der Waals surface area contributed by atoms with E-state index < -0.39 is 10.8 Å². The molecule has 3 aromatic rings. The lowest BCUT2D eigenvalue weighted by molar-refractivity contribution is -0.385. The van der Waals surface area contributed by atoms with Crippen molar-refractivity contribution < 1.29 is 9.72 Å². The van der Waals surface area contributed by atoms with Crippen LogP contribution < -0.4 is 5.32 Å². The lowest BCUT2D eigenvalue weighted by Gasteiger charge is -2.06. The van der Waals surface area contributed by atoms with Crippen molar-refractivity contribution >= 4 is 38.3 Å². The van der Waals surface area contributed by atoms with Crippen LogP contribution in [-0.4, -0.2) is 15.8 Å². The van der Waals surface area contributed by atoms with Gasteiger partial charge in [-0.2, -0.15) is 0 Å². The van der Waals surface area contributed by atoms with Gasteiger partial charge in [-0.15, -0.1) is 0 Å². The van der Waals surface area contributed by atoms with Gasteiger partial charge in [0.05, 0.1) is 15.1 Å². The summed E-state index contributed by atoms with van der Waals surface area (Å²) >= 11 is 1.39. The quantitative estimate of drug-likeness (QED) is 0.533. The third-order valence-electron chi connectivity index (χ3n) is 4.04. The third kappa shape index (κ3) is 3.23. The first-order valence-electron chi connectivity index (χ1n) is 7.83. The summed E-state index contributed by atoms with van der Waals surface area (Å²) < 4.78 is 0.997. The standard InChI is InChI=1S/C18H17N3O3S/c1-10(2)12-6-5-9-15-16(12)19-18(25-15)20-17(22)13-7-4-8-14(11(13)3)21(23)24/h4-10H,1-3H3,(H,19,20,22). The second-order valence-electron chi connectivity index (χ2n) is 6.03. The van der Waals surface area contributed by atoms with E-state index in [1.54, 1.807) is 13.0 Å². The first-order valence-corrected chi connectivity index (χ1v) is 8.65. The molecule has 6 nitrogen and oxygen atoms in total. The summed E-state index contributed by atoms with van der Waals surface area (Å²) in [5.41, 5.74) is 2.56. The summed E-state index contributed by atoms with van der Waals surface area (Å²) in [6.07, 6.45) is 0. The van der Waals surface area contributed by atoms with Gasteiger partial charge in [0.25, 0.3) is 11.6 Å². The van der Waals surface area contributed by atoms with Crippen LogP contribution in [0.1, 0.15) is 41.3 Å². The molecule has 1 aromatic heterocycles. The second-order valence-corrected chi connectivity index (χ2v) is 7.06. The van der Waals surface area contributed by atoms with Gasteiger partial charge in [-0.25, -0.2) is 4.98 Å². The molecule has 2 aromatic carbocycles. The average molecular weight is 355 g/mol. The number of nitrogens with one attached hydrogen (secondary N) is 1. The van der Waals surface area contributed by atoms with Gasteiger partial charge in [0.15, 0.2) is 5.13 Å². The summed E-state index contributed by atoms with van der Waals surface area (Å²) in [4.78, 5) is 27.6. The molecule has 0 aliphatic heterocycles. The van der Waals surface area contributed by atoms with Crippen molar-refractivity contribution in [1.82, 2.24) is 4.98 Å². The van der Waals surface area contributed by atoms with E-state index in [0.29, 0.717) is 16.6 Å². The van der Waals surface area contributed by atoms with E-state index >= 15 is 0 Å². The largest absolute Gasteiger partial charge is 0.298 e. The number of benzene rings is 2. The molecule has 1 heterocycles. The van der Waals surface area contributed by atoms with E-state index in [4.69, 9.17) is 0 Å². The van der Waals surface area contributed by atoms with Gasteiger partial charge in [0, 0.05) is 17.2 Å². The molecular weight excluding hydrogens is 338 g/mol. The van der Waals surface area contributed by atoms with E-state index in [9.17, 15) is 14.9 Å². The summed E-state index contributed by atoms with van der Waals surface area (Å²) in [5.74, 6) is -0.0697. The Balaban J connectivity index is 1.94. The maximum Gasteiger partial charge on any atom is 0.273 e. The van der Waals surface area contributed by atoms with Crippen molar-refractivity contribution in [1.29, 1.82) is 0 Å². The van der Waals surface area contributed by atoms with Gasteiger partial charge in [0.1, 0.15) is 0 Å². The van der Waals surface area contributed by atoms with E-state index in [2.05, 4.69) is 24.1 Å². The number of fused-ring (bicyclic) bond motifs is 1. The first-order chi connectivity index (χ1) is 11.9. The molecule has 0 aliphatic carbocycles. The topological polar surface area (TPSA) is 85.1 Å². The number of hydrogen-bond acceptors (Lipinski definition) is 5. The van der Waals surface area contributed by atoms with Crippen molar-refractivity contribution in [3.05, 3.63) is 63.2 Å². The average Bonchev–Trinajstić information content (AvgIpc) is 2.96. The molecule has 0 atom stereocenters. The first kappa shape index (κ1) is 17.0. The Labute approximate surface area is 148 Å². The third-order valence-corrected chi connectivity index (χ3v) is 4.98. The predicted molar refractivity (Wildman–Crippen MR) is 99.5 cm³/mol. The van der Waals surface area contributed by atoms with Gasteiger partial charge in [-0.1, -0.05) is 43.4 Å². The van der Waals surface area contributed by atoms with Gasteiger partial charge < -0.3 is 0 Å². The Morgan fingerprint density at radius 2 is 1.96 bits per heavy atom. The fraction of sp³-hybridized carbons (Fsp3) is 0.222. The van der Waals surface area contributed by atoms with Crippen molar-refractivity contribution in [2.45, 2.75) is 26.7 Å². The molecular formula is C18H17N3O3S. The van der Waals surface area contributed by atoms with Crippen LogP contribution in [0.3, 0.4) is 0 Å². The minimum Gasteiger partial charge on any atom is -0.298 e. The fourth-order valence-corrected chi connectivity index (χ4v) is 3.62. The van der Waals surface area contributed by atoms with Crippen LogP contribution in [0.5, 0.6) is 0 Å². The molecule has 0 spiro atoms. The molecule has 128 valence electrons. The minimum atomic E-state index is -0.487. The molecule has 0 fully saturated rings. The number of nitrogens with zero attached hydrogens (tertiary/aromatic N) is 2. The van der Waals surface area contributed by atoms with Crippen LogP contribution in [0.4, 0.5) is 10.8 Å². The van der Waals surface area contributed by atoms with Gasteiger partial charge in [0.2, 0.25) is 0 Å². The second kappa shape index (κ2) is 6.60. The van der Waals surface area contributed by atoms with Crippen LogP contribution in [-0.2, 0) is 0 Å². The van der Waals surface area contributed by atoms with Crippen molar-refractivity contribution in [3.8, 4) is 0 Å². The van der Waals surface area contributed by atoms with Crippen molar-refractivity contribution in [3.63, 3.8) is 0 Å². The van der Waals surface area contributed by atoms with E-state index in [1.807, 2.05) is 18.2 Å². The number of carbonyl (C=O) groups excluding carboxylic acids is 1. The van der Waals surface area contributed by atoms with Crippen molar-refractivity contribution in [2.75, 3.05) is 5.32 Å². The molecule has 1 amide bonds. The van der Waals surface area contributed by atoms with Crippen LogP contribution >= 0.6 is 11.3 Å². The minimum absolute atomic E-state index is 0.0703. The molecule has 25 heavy (non-hydrogen) atoms. The number of aromatic nitrogens is 1. The zero-order chi connectivity index (χ0) is 18.1. The highest BCUT2D eigenvalue weighted by Gasteiger charge is 2.19. The number of para-hydroxylation sites is 1. The molecule has 0 unspecified atom stereocenters. The normalized spacial score (nSPS) is 11.0. The number of rotatable bonds is 4. The van der Waals surface area contributed by atoms with Crippen LogP contribution in [0, 0.1) is 17.0 Å². The number of carbonyl (C=O) groups is 1. The number of nitro benzene ring substituents is 1. The summed E-state index contributed by atoms with van der Waals surface area (Å²) in [6, 6.07) is 10.4.